The van der Waals surface area contributed by atoms with Crippen molar-refractivity contribution in [3.8, 4) is 0 Å². The zero-order valence-electron chi connectivity index (χ0n) is 14.0. The predicted octanol–water partition coefficient (Wildman–Crippen LogP) is 3.46. The molecule has 0 radical (unpaired) electrons. The van der Waals surface area contributed by atoms with Gasteiger partial charge in [-0.25, -0.2) is 13.3 Å². The zero-order chi connectivity index (χ0) is 16.9. The number of halogens is 1. The maximum absolute atomic E-state index is 14.2. The van der Waals surface area contributed by atoms with E-state index in [9.17, 15) is 8.60 Å². The van der Waals surface area contributed by atoms with Gasteiger partial charge in [0.25, 0.3) is 0 Å². The standard InChI is InChI=1S/C17H26FNO3S/c1-17(2,3)23(20)19-15(13-7-4-5-8-14(13)18)9-10-16-21-11-6-12-22-16/h4-5,7-8,15-16,19H,6,9-12H2,1-3H3/t15-,23-/m0/s1. The summed E-state index contributed by atoms with van der Waals surface area (Å²) in [6, 6.07) is 6.27. The highest BCUT2D eigenvalue weighted by Gasteiger charge is 2.26. The SMILES string of the molecule is CC(C)(C)[S@](=O)N[C@@H](CCC1OCCCO1)c1ccccc1F. The Bertz CT molecular complexity index is 527. The number of hydrogen-bond donors (Lipinski definition) is 1. The molecule has 1 aliphatic heterocycles. The summed E-state index contributed by atoms with van der Waals surface area (Å²) >= 11 is 0. The van der Waals surface area contributed by atoms with E-state index in [1.54, 1.807) is 18.2 Å². The van der Waals surface area contributed by atoms with Gasteiger partial charge in [0.05, 0.1) is 28.9 Å². The third-order valence-corrected chi connectivity index (χ3v) is 5.28. The van der Waals surface area contributed by atoms with Crippen molar-refractivity contribution in [1.82, 2.24) is 4.72 Å². The molecule has 1 fully saturated rings. The van der Waals surface area contributed by atoms with Gasteiger partial charge >= 0.3 is 0 Å². The molecule has 1 aromatic rings. The molecule has 23 heavy (non-hydrogen) atoms. The molecule has 0 unspecified atom stereocenters. The van der Waals surface area contributed by atoms with Crippen LogP contribution in [0.2, 0.25) is 0 Å². The molecule has 6 heteroatoms. The summed E-state index contributed by atoms with van der Waals surface area (Å²) in [4.78, 5) is 0. The number of hydrogen-bond acceptors (Lipinski definition) is 3. The molecule has 2 atom stereocenters. The van der Waals surface area contributed by atoms with Gasteiger partial charge in [0.1, 0.15) is 5.82 Å². The van der Waals surface area contributed by atoms with Crippen LogP contribution in [0.4, 0.5) is 4.39 Å². The monoisotopic (exact) mass is 343 g/mol. The van der Waals surface area contributed by atoms with Gasteiger partial charge in [0, 0.05) is 18.0 Å². The minimum atomic E-state index is -1.28. The fourth-order valence-corrected chi connectivity index (χ4v) is 3.20. The van der Waals surface area contributed by atoms with Crippen molar-refractivity contribution >= 4 is 11.0 Å². The minimum Gasteiger partial charge on any atom is -0.353 e. The highest BCUT2D eigenvalue weighted by atomic mass is 32.2. The van der Waals surface area contributed by atoms with E-state index in [1.165, 1.54) is 6.07 Å². The number of nitrogens with one attached hydrogen (secondary N) is 1. The summed E-state index contributed by atoms with van der Waals surface area (Å²) < 4.78 is 40.3. The van der Waals surface area contributed by atoms with Crippen molar-refractivity contribution in [2.75, 3.05) is 13.2 Å². The summed E-state index contributed by atoms with van der Waals surface area (Å²) in [5, 5.41) is 0. The van der Waals surface area contributed by atoms with E-state index < -0.39 is 15.7 Å². The lowest BCUT2D eigenvalue weighted by Gasteiger charge is -2.28. The number of benzene rings is 1. The first-order chi connectivity index (χ1) is 10.9. The Kier molecular flexibility index (Phi) is 6.71. The Hall–Kier alpha value is -0.820. The van der Waals surface area contributed by atoms with Gasteiger partial charge in [-0.3, -0.25) is 0 Å². The van der Waals surface area contributed by atoms with Gasteiger partial charge in [0.2, 0.25) is 0 Å². The highest BCUT2D eigenvalue weighted by molar-refractivity contribution is 7.84. The van der Waals surface area contributed by atoms with Gasteiger partial charge in [-0.1, -0.05) is 18.2 Å². The normalized spacial score (nSPS) is 19.5. The minimum absolute atomic E-state index is 0.261. The average molecular weight is 343 g/mol. The average Bonchev–Trinajstić information content (AvgIpc) is 2.52. The quantitative estimate of drug-likeness (QED) is 0.860. The molecule has 4 nitrogen and oxygen atoms in total. The lowest BCUT2D eigenvalue weighted by molar-refractivity contribution is -0.182. The van der Waals surface area contributed by atoms with Crippen LogP contribution in [-0.4, -0.2) is 28.5 Å². The second kappa shape index (κ2) is 8.33. The van der Waals surface area contributed by atoms with E-state index in [4.69, 9.17) is 9.47 Å². The third kappa shape index (κ3) is 5.64. The second-order valence-electron chi connectivity index (χ2n) is 6.68. The van der Waals surface area contributed by atoms with E-state index in [0.29, 0.717) is 31.6 Å². The van der Waals surface area contributed by atoms with E-state index in [-0.39, 0.29) is 18.1 Å². The van der Waals surface area contributed by atoms with Crippen LogP contribution in [0.25, 0.3) is 0 Å². The fourth-order valence-electron chi connectivity index (χ4n) is 2.35. The van der Waals surface area contributed by atoms with Crippen molar-refractivity contribution in [1.29, 1.82) is 0 Å². The van der Waals surface area contributed by atoms with Crippen molar-refractivity contribution < 1.29 is 18.1 Å². The molecule has 0 aromatic heterocycles. The Balaban J connectivity index is 2.07. The molecule has 0 bridgehead atoms. The third-order valence-electron chi connectivity index (χ3n) is 3.67. The van der Waals surface area contributed by atoms with Crippen molar-refractivity contribution in [3.05, 3.63) is 35.6 Å². The smallest absolute Gasteiger partial charge is 0.157 e. The summed E-state index contributed by atoms with van der Waals surface area (Å²) in [7, 11) is -1.28. The van der Waals surface area contributed by atoms with Crippen LogP contribution in [0.5, 0.6) is 0 Å². The summed E-state index contributed by atoms with van der Waals surface area (Å²) in [5.74, 6) is -0.290. The van der Waals surface area contributed by atoms with Crippen LogP contribution in [0.15, 0.2) is 24.3 Å². The Morgan fingerprint density at radius 2 is 1.96 bits per heavy atom. The van der Waals surface area contributed by atoms with Gasteiger partial charge < -0.3 is 9.47 Å². The first-order valence-electron chi connectivity index (χ1n) is 8.03. The van der Waals surface area contributed by atoms with Gasteiger partial charge in [-0.2, -0.15) is 0 Å². The Labute approximate surface area is 140 Å². The molecule has 1 N–H and O–H groups in total. The van der Waals surface area contributed by atoms with Crippen molar-refractivity contribution in [2.24, 2.45) is 0 Å². The molecule has 0 saturated carbocycles. The lowest BCUT2D eigenvalue weighted by atomic mass is 10.0. The molecule has 0 spiro atoms. The maximum Gasteiger partial charge on any atom is 0.157 e. The van der Waals surface area contributed by atoms with E-state index in [1.807, 2.05) is 20.8 Å². The van der Waals surface area contributed by atoms with Gasteiger partial charge in [-0.05, 0) is 39.7 Å². The van der Waals surface area contributed by atoms with E-state index in [2.05, 4.69) is 4.72 Å². The van der Waals surface area contributed by atoms with Crippen LogP contribution < -0.4 is 4.72 Å². The molecular weight excluding hydrogens is 317 g/mol. The molecule has 130 valence electrons. The molecule has 0 amide bonds. The molecule has 1 heterocycles. The van der Waals surface area contributed by atoms with Crippen LogP contribution in [0.1, 0.15) is 51.6 Å². The first kappa shape index (κ1) is 18.5. The fraction of sp³-hybridized carbons (Fsp3) is 0.647. The Morgan fingerprint density at radius 1 is 1.30 bits per heavy atom. The number of ether oxygens (including phenoxy) is 2. The first-order valence-corrected chi connectivity index (χ1v) is 9.18. The second-order valence-corrected chi connectivity index (χ2v) is 8.67. The molecule has 0 aliphatic carbocycles. The summed E-state index contributed by atoms with van der Waals surface area (Å²) in [6.45, 7) is 7.05. The predicted molar refractivity (Wildman–Crippen MR) is 89.7 cm³/mol. The summed E-state index contributed by atoms with van der Waals surface area (Å²) in [6.07, 6.45) is 1.86. The van der Waals surface area contributed by atoms with Crippen LogP contribution >= 0.6 is 0 Å². The van der Waals surface area contributed by atoms with Gasteiger partial charge in [0.15, 0.2) is 6.29 Å². The van der Waals surface area contributed by atoms with Gasteiger partial charge in [-0.15, -0.1) is 0 Å². The number of rotatable bonds is 6. The molecule has 1 saturated heterocycles. The zero-order valence-corrected chi connectivity index (χ0v) is 14.8. The van der Waals surface area contributed by atoms with E-state index in [0.717, 1.165) is 6.42 Å². The van der Waals surface area contributed by atoms with Crippen molar-refractivity contribution in [3.63, 3.8) is 0 Å². The van der Waals surface area contributed by atoms with Crippen molar-refractivity contribution in [2.45, 2.75) is 57.1 Å². The highest BCUT2D eigenvalue weighted by Crippen LogP contribution is 2.26. The largest absolute Gasteiger partial charge is 0.353 e. The Morgan fingerprint density at radius 3 is 2.57 bits per heavy atom. The molecule has 2 rings (SSSR count). The lowest BCUT2D eigenvalue weighted by Crippen LogP contribution is -2.36. The van der Waals surface area contributed by atoms with E-state index >= 15 is 0 Å². The molecule has 1 aliphatic rings. The van der Waals surface area contributed by atoms with Crippen LogP contribution in [0, 0.1) is 5.82 Å². The molecular formula is C17H26FNO3S. The molecule has 1 aromatic carbocycles. The van der Waals surface area contributed by atoms with Crippen LogP contribution in [-0.2, 0) is 20.5 Å². The maximum atomic E-state index is 14.2. The van der Waals surface area contributed by atoms with Crippen LogP contribution in [0.3, 0.4) is 0 Å². The topological polar surface area (TPSA) is 47.6 Å². The summed E-state index contributed by atoms with van der Waals surface area (Å²) in [5.41, 5.74) is 0.529.